The molecule has 3 heteroatoms. The Bertz CT molecular complexity index is 185. The van der Waals surface area contributed by atoms with Gasteiger partial charge < -0.3 is 0 Å². The Hall–Kier alpha value is -0.960. The summed E-state index contributed by atoms with van der Waals surface area (Å²) in [6, 6.07) is 0. The molecule has 0 saturated heterocycles. The van der Waals surface area contributed by atoms with Gasteiger partial charge in [-0.1, -0.05) is 34.3 Å². The summed E-state index contributed by atoms with van der Waals surface area (Å²) in [5.74, 6) is 0. The zero-order valence-corrected chi connectivity index (χ0v) is 10.1. The summed E-state index contributed by atoms with van der Waals surface area (Å²) in [5.41, 5.74) is 0.914. The normalized spacial score (nSPS) is 19.5. The van der Waals surface area contributed by atoms with E-state index in [0.717, 1.165) is 5.71 Å². The van der Waals surface area contributed by atoms with E-state index in [1.165, 1.54) is 0 Å². The van der Waals surface area contributed by atoms with E-state index in [0.29, 0.717) is 6.67 Å². The van der Waals surface area contributed by atoms with Crippen LogP contribution in [0.25, 0.3) is 0 Å². The van der Waals surface area contributed by atoms with Crippen molar-refractivity contribution >= 4 is 12.4 Å². The highest BCUT2D eigenvalue weighted by Gasteiger charge is 2.21. The lowest BCUT2D eigenvalue weighted by Crippen LogP contribution is -2.29. The monoisotopic (exact) mass is 197 g/mol. The summed E-state index contributed by atoms with van der Waals surface area (Å²) in [5, 5.41) is 0. The maximum absolute atomic E-state index is 4.18. The van der Waals surface area contributed by atoms with Crippen LogP contribution in [0.4, 0.5) is 0 Å². The molecule has 1 atom stereocenters. The van der Waals surface area contributed by atoms with Gasteiger partial charge in [0, 0.05) is 0 Å². The highest BCUT2D eigenvalue weighted by Crippen LogP contribution is 2.08. The molecule has 82 valence electrons. The molecule has 0 saturated carbocycles. The average molecular weight is 197 g/mol. The Kier molecular flexibility index (Phi) is 11.2. The molecule has 0 N–H and O–H groups in total. The van der Waals surface area contributed by atoms with Crippen molar-refractivity contribution in [1.29, 1.82) is 0 Å². The SMILES string of the molecule is C=CC1=NCN(C)C1N=C.CC.CC. The van der Waals surface area contributed by atoms with E-state index < -0.39 is 0 Å². The summed E-state index contributed by atoms with van der Waals surface area (Å²) in [7, 11) is 1.96. The zero-order chi connectivity index (χ0) is 11.6. The summed E-state index contributed by atoms with van der Waals surface area (Å²) in [6.45, 7) is 15.8. The Morgan fingerprint density at radius 2 is 1.93 bits per heavy atom. The number of hydrogen-bond donors (Lipinski definition) is 0. The minimum Gasteiger partial charge on any atom is -0.275 e. The van der Waals surface area contributed by atoms with Crippen LogP contribution < -0.4 is 0 Å². The topological polar surface area (TPSA) is 28.0 Å². The molecule has 1 unspecified atom stereocenters. The van der Waals surface area contributed by atoms with E-state index in [-0.39, 0.29) is 6.17 Å². The summed E-state index contributed by atoms with van der Waals surface area (Å²) in [6.07, 6.45) is 1.75. The average Bonchev–Trinajstić information content (AvgIpc) is 2.64. The maximum Gasteiger partial charge on any atom is 0.145 e. The third-order valence-corrected chi connectivity index (χ3v) is 1.54. The molecule has 0 aromatic rings. The van der Waals surface area contributed by atoms with Gasteiger partial charge in [0.15, 0.2) is 0 Å². The highest BCUT2D eigenvalue weighted by atomic mass is 15.3. The van der Waals surface area contributed by atoms with Crippen molar-refractivity contribution in [2.45, 2.75) is 33.9 Å². The molecule has 0 aliphatic carbocycles. The van der Waals surface area contributed by atoms with Crippen molar-refractivity contribution in [3.8, 4) is 0 Å². The predicted molar refractivity (Wildman–Crippen MR) is 66.3 cm³/mol. The van der Waals surface area contributed by atoms with Crippen molar-refractivity contribution in [2.75, 3.05) is 13.7 Å². The lowest BCUT2D eigenvalue weighted by Gasteiger charge is -2.13. The third kappa shape index (κ3) is 4.33. The van der Waals surface area contributed by atoms with Gasteiger partial charge in [-0.25, -0.2) is 0 Å². The number of rotatable bonds is 2. The van der Waals surface area contributed by atoms with Crippen LogP contribution in [-0.2, 0) is 0 Å². The molecule has 0 amide bonds. The van der Waals surface area contributed by atoms with Crippen LogP contribution in [-0.4, -0.2) is 37.2 Å². The zero-order valence-electron chi connectivity index (χ0n) is 10.1. The first-order valence-electron chi connectivity index (χ1n) is 5.12. The molecule has 0 aromatic heterocycles. The van der Waals surface area contributed by atoms with Gasteiger partial charge in [-0.15, -0.1) is 0 Å². The van der Waals surface area contributed by atoms with E-state index in [1.807, 2.05) is 39.6 Å². The molecule has 1 heterocycles. The summed E-state index contributed by atoms with van der Waals surface area (Å²) in [4.78, 5) is 10.1. The molecular weight excluding hydrogens is 174 g/mol. The van der Waals surface area contributed by atoms with Crippen LogP contribution in [0.1, 0.15) is 27.7 Å². The highest BCUT2D eigenvalue weighted by molar-refractivity contribution is 5.99. The van der Waals surface area contributed by atoms with E-state index in [4.69, 9.17) is 0 Å². The molecule has 0 aromatic carbocycles. The fourth-order valence-electron chi connectivity index (χ4n) is 0.981. The summed E-state index contributed by atoms with van der Waals surface area (Å²) >= 11 is 0. The van der Waals surface area contributed by atoms with Crippen LogP contribution >= 0.6 is 0 Å². The standard InChI is InChI=1S/C7H11N3.2C2H6/c1-4-6-7(8-2)10(3)5-9-6;2*1-2/h4,7H,1-2,5H2,3H3;2*1-2H3. The second-order valence-electron chi connectivity index (χ2n) is 2.24. The first kappa shape index (κ1) is 15.5. The molecule has 0 radical (unpaired) electrons. The summed E-state index contributed by atoms with van der Waals surface area (Å²) < 4.78 is 0. The van der Waals surface area contributed by atoms with Gasteiger partial charge in [0.05, 0.1) is 12.4 Å². The van der Waals surface area contributed by atoms with E-state index in [1.54, 1.807) is 6.08 Å². The predicted octanol–water partition coefficient (Wildman–Crippen LogP) is 2.60. The minimum absolute atomic E-state index is 0.0255. The first-order valence-corrected chi connectivity index (χ1v) is 5.12. The fourth-order valence-corrected chi connectivity index (χ4v) is 0.981. The van der Waals surface area contributed by atoms with Crippen LogP contribution in [0.5, 0.6) is 0 Å². The van der Waals surface area contributed by atoms with Gasteiger partial charge in [0.2, 0.25) is 0 Å². The fraction of sp³-hybridized carbons (Fsp3) is 0.636. The molecule has 1 aliphatic heterocycles. The molecule has 1 aliphatic rings. The van der Waals surface area contributed by atoms with Crippen LogP contribution in [0, 0.1) is 0 Å². The lowest BCUT2D eigenvalue weighted by molar-refractivity contribution is 0.342. The van der Waals surface area contributed by atoms with Gasteiger partial charge in [-0.05, 0) is 19.8 Å². The minimum atomic E-state index is 0.0255. The van der Waals surface area contributed by atoms with Crippen LogP contribution in [0.3, 0.4) is 0 Å². The molecule has 0 spiro atoms. The third-order valence-electron chi connectivity index (χ3n) is 1.54. The second-order valence-corrected chi connectivity index (χ2v) is 2.24. The van der Waals surface area contributed by atoms with Gasteiger partial charge in [-0.2, -0.15) is 0 Å². The largest absolute Gasteiger partial charge is 0.275 e. The first-order chi connectivity index (χ1) is 6.79. The van der Waals surface area contributed by atoms with Gasteiger partial charge in [-0.3, -0.25) is 14.9 Å². The number of hydrogen-bond acceptors (Lipinski definition) is 3. The van der Waals surface area contributed by atoms with Crippen molar-refractivity contribution in [1.82, 2.24) is 4.90 Å². The maximum atomic E-state index is 4.18. The quantitative estimate of drug-likeness (QED) is 0.625. The smallest absolute Gasteiger partial charge is 0.145 e. The molecular formula is C11H23N3. The van der Waals surface area contributed by atoms with E-state index in [9.17, 15) is 0 Å². The van der Waals surface area contributed by atoms with Crippen LogP contribution in [0.2, 0.25) is 0 Å². The lowest BCUT2D eigenvalue weighted by atomic mass is 10.3. The Labute approximate surface area is 88.3 Å². The second kappa shape index (κ2) is 10.1. The number of aliphatic imine (C=N–C) groups is 2. The van der Waals surface area contributed by atoms with Crippen molar-refractivity contribution in [3.63, 3.8) is 0 Å². The van der Waals surface area contributed by atoms with Crippen molar-refractivity contribution in [3.05, 3.63) is 12.7 Å². The Balaban J connectivity index is 0. The molecule has 14 heavy (non-hydrogen) atoms. The Morgan fingerprint density at radius 3 is 2.21 bits per heavy atom. The van der Waals surface area contributed by atoms with Gasteiger partial charge in [0.1, 0.15) is 6.17 Å². The Morgan fingerprint density at radius 1 is 1.43 bits per heavy atom. The van der Waals surface area contributed by atoms with Crippen molar-refractivity contribution in [2.24, 2.45) is 9.98 Å². The van der Waals surface area contributed by atoms with Gasteiger partial charge in [0.25, 0.3) is 0 Å². The van der Waals surface area contributed by atoms with E-state index in [2.05, 4.69) is 23.3 Å². The molecule has 0 bridgehead atoms. The van der Waals surface area contributed by atoms with Crippen molar-refractivity contribution < 1.29 is 0 Å². The molecule has 1 rings (SSSR count). The van der Waals surface area contributed by atoms with E-state index >= 15 is 0 Å². The van der Waals surface area contributed by atoms with Gasteiger partial charge >= 0.3 is 0 Å². The molecule has 0 fully saturated rings. The number of nitrogens with zero attached hydrogens (tertiary/aromatic N) is 3. The van der Waals surface area contributed by atoms with Crippen LogP contribution in [0.15, 0.2) is 22.6 Å². The molecule has 3 nitrogen and oxygen atoms in total.